The van der Waals surface area contributed by atoms with E-state index in [1.54, 1.807) is 30.2 Å². The fourth-order valence-electron chi connectivity index (χ4n) is 3.26. The van der Waals surface area contributed by atoms with Gasteiger partial charge in [0.15, 0.2) is 11.5 Å². The normalized spacial score (nSPS) is 15.3. The Labute approximate surface area is 162 Å². The van der Waals surface area contributed by atoms with Crippen LogP contribution in [0, 0.1) is 0 Å². The molecule has 4 rings (SSSR count). The summed E-state index contributed by atoms with van der Waals surface area (Å²) in [5, 5.41) is 2.63. The van der Waals surface area contributed by atoms with E-state index in [4.69, 9.17) is 14.2 Å². The number of rotatable bonds is 3. The van der Waals surface area contributed by atoms with Crippen LogP contribution >= 0.6 is 0 Å². The number of ether oxygens (including phenoxy) is 3. The summed E-state index contributed by atoms with van der Waals surface area (Å²) in [6.45, 7) is 2.45. The number of nitrogens with zero attached hydrogens (tertiary/aromatic N) is 2. The van der Waals surface area contributed by atoms with Crippen molar-refractivity contribution in [1.29, 1.82) is 0 Å². The molecule has 2 aliphatic rings. The van der Waals surface area contributed by atoms with Gasteiger partial charge in [-0.1, -0.05) is 0 Å². The Kier molecular flexibility index (Phi) is 4.92. The second-order valence-corrected chi connectivity index (χ2v) is 6.50. The molecule has 2 amide bonds. The molecule has 0 saturated carbocycles. The van der Waals surface area contributed by atoms with Crippen LogP contribution in [0.5, 0.6) is 17.2 Å². The molecule has 2 aromatic carbocycles. The van der Waals surface area contributed by atoms with E-state index >= 15 is 0 Å². The molecule has 0 bridgehead atoms. The number of amides is 2. The van der Waals surface area contributed by atoms with Gasteiger partial charge in [-0.05, 0) is 36.4 Å². The quantitative estimate of drug-likeness (QED) is 0.813. The number of anilines is 2. The molecule has 1 fully saturated rings. The minimum atomic E-state index is -0.656. The average Bonchev–Trinajstić information content (AvgIpc) is 3.21. The van der Waals surface area contributed by atoms with Gasteiger partial charge < -0.3 is 29.3 Å². The maximum Gasteiger partial charge on any atom is 0.313 e. The number of hydrogen-bond donors (Lipinski definition) is 1. The minimum absolute atomic E-state index is 0.157. The summed E-state index contributed by atoms with van der Waals surface area (Å²) in [4.78, 5) is 28.6. The molecule has 0 atom stereocenters. The lowest BCUT2D eigenvalue weighted by molar-refractivity contribution is -0.143. The van der Waals surface area contributed by atoms with Gasteiger partial charge >= 0.3 is 11.8 Å². The summed E-state index contributed by atoms with van der Waals surface area (Å²) >= 11 is 0. The first-order valence-corrected chi connectivity index (χ1v) is 9.03. The molecular weight excluding hydrogens is 362 g/mol. The van der Waals surface area contributed by atoms with Crippen molar-refractivity contribution in [1.82, 2.24) is 4.90 Å². The molecule has 2 heterocycles. The second-order valence-electron chi connectivity index (χ2n) is 6.50. The summed E-state index contributed by atoms with van der Waals surface area (Å²) in [6.07, 6.45) is 0. The lowest BCUT2D eigenvalue weighted by Crippen LogP contribution is -2.51. The highest BCUT2D eigenvalue weighted by molar-refractivity contribution is 6.39. The fraction of sp³-hybridized carbons (Fsp3) is 0.300. The Morgan fingerprint density at radius 2 is 1.68 bits per heavy atom. The Bertz CT molecular complexity index is 876. The maximum absolute atomic E-state index is 12.5. The van der Waals surface area contributed by atoms with E-state index in [1.165, 1.54) is 0 Å². The summed E-state index contributed by atoms with van der Waals surface area (Å²) in [5.41, 5.74) is 1.57. The molecule has 0 unspecified atom stereocenters. The number of hydrogen-bond acceptors (Lipinski definition) is 6. The largest absolute Gasteiger partial charge is 0.497 e. The molecule has 28 heavy (non-hydrogen) atoms. The summed E-state index contributed by atoms with van der Waals surface area (Å²) in [6, 6.07) is 12.8. The Hall–Kier alpha value is -3.42. The number of benzene rings is 2. The number of methoxy groups -OCH3 is 1. The third kappa shape index (κ3) is 3.66. The highest BCUT2D eigenvalue weighted by Crippen LogP contribution is 2.34. The van der Waals surface area contributed by atoms with Crippen molar-refractivity contribution < 1.29 is 23.8 Å². The van der Waals surface area contributed by atoms with Crippen LogP contribution in [0.3, 0.4) is 0 Å². The van der Waals surface area contributed by atoms with Crippen molar-refractivity contribution in [3.8, 4) is 17.2 Å². The van der Waals surface area contributed by atoms with Crippen LogP contribution < -0.4 is 24.4 Å². The van der Waals surface area contributed by atoms with Crippen molar-refractivity contribution in [2.45, 2.75) is 0 Å². The molecule has 0 spiro atoms. The molecule has 8 heteroatoms. The van der Waals surface area contributed by atoms with Gasteiger partial charge in [0, 0.05) is 43.6 Å². The number of carbonyl (C=O) groups excluding carboxylic acids is 2. The number of piperazine rings is 1. The van der Waals surface area contributed by atoms with Crippen LogP contribution in [0.25, 0.3) is 0 Å². The first-order valence-electron chi connectivity index (χ1n) is 9.03. The van der Waals surface area contributed by atoms with Crippen molar-refractivity contribution >= 4 is 23.2 Å². The van der Waals surface area contributed by atoms with Crippen LogP contribution in [-0.2, 0) is 9.59 Å². The third-order valence-electron chi connectivity index (χ3n) is 4.83. The fourth-order valence-corrected chi connectivity index (χ4v) is 3.26. The van der Waals surface area contributed by atoms with Crippen molar-refractivity contribution in [3.63, 3.8) is 0 Å². The summed E-state index contributed by atoms with van der Waals surface area (Å²) < 4.78 is 15.7. The first-order chi connectivity index (χ1) is 13.6. The molecule has 0 aromatic heterocycles. The van der Waals surface area contributed by atoms with E-state index in [2.05, 4.69) is 10.2 Å². The topological polar surface area (TPSA) is 80.3 Å². The highest BCUT2D eigenvalue weighted by atomic mass is 16.7. The van der Waals surface area contributed by atoms with E-state index < -0.39 is 11.8 Å². The van der Waals surface area contributed by atoms with E-state index in [0.717, 1.165) is 11.4 Å². The van der Waals surface area contributed by atoms with Crippen molar-refractivity contribution in [2.24, 2.45) is 0 Å². The van der Waals surface area contributed by atoms with Crippen molar-refractivity contribution in [3.05, 3.63) is 42.5 Å². The molecular formula is C20H21N3O5. The van der Waals surface area contributed by atoms with Crippen LogP contribution in [0.2, 0.25) is 0 Å². The van der Waals surface area contributed by atoms with Gasteiger partial charge in [-0.25, -0.2) is 0 Å². The zero-order chi connectivity index (χ0) is 19.5. The van der Waals surface area contributed by atoms with E-state index in [9.17, 15) is 9.59 Å². The molecule has 1 saturated heterocycles. The maximum atomic E-state index is 12.5. The van der Waals surface area contributed by atoms with Gasteiger partial charge in [0.2, 0.25) is 6.79 Å². The average molecular weight is 383 g/mol. The van der Waals surface area contributed by atoms with Crippen LogP contribution in [-0.4, -0.2) is 56.8 Å². The zero-order valence-electron chi connectivity index (χ0n) is 15.5. The van der Waals surface area contributed by atoms with Gasteiger partial charge in [-0.15, -0.1) is 0 Å². The van der Waals surface area contributed by atoms with Gasteiger partial charge in [-0.2, -0.15) is 0 Å². The Balaban J connectivity index is 1.32. The monoisotopic (exact) mass is 383 g/mol. The predicted molar refractivity (Wildman–Crippen MR) is 103 cm³/mol. The predicted octanol–water partition coefficient (Wildman–Crippen LogP) is 1.71. The second kappa shape index (κ2) is 7.67. The standard InChI is InChI=1S/C20H21N3O5/c1-26-16-5-3-15(4-6-16)22-8-10-23(11-9-22)20(25)19(24)21-14-2-7-17-18(12-14)28-13-27-17/h2-7,12H,8-11,13H2,1H3,(H,21,24). The van der Waals surface area contributed by atoms with Gasteiger partial charge in [0.05, 0.1) is 7.11 Å². The van der Waals surface area contributed by atoms with Crippen LogP contribution in [0.4, 0.5) is 11.4 Å². The zero-order valence-corrected chi connectivity index (χ0v) is 15.5. The molecule has 0 aliphatic carbocycles. The molecule has 2 aromatic rings. The van der Waals surface area contributed by atoms with Gasteiger partial charge in [0.1, 0.15) is 5.75 Å². The molecule has 2 aliphatic heterocycles. The van der Waals surface area contributed by atoms with E-state index in [1.807, 2.05) is 24.3 Å². The molecule has 0 radical (unpaired) electrons. The van der Waals surface area contributed by atoms with E-state index in [0.29, 0.717) is 43.4 Å². The smallest absolute Gasteiger partial charge is 0.313 e. The van der Waals surface area contributed by atoms with Crippen LogP contribution in [0.15, 0.2) is 42.5 Å². The first kappa shape index (κ1) is 18.0. The Morgan fingerprint density at radius 1 is 0.964 bits per heavy atom. The number of carbonyl (C=O) groups is 2. The molecule has 146 valence electrons. The number of nitrogens with one attached hydrogen (secondary N) is 1. The summed E-state index contributed by atoms with van der Waals surface area (Å²) in [7, 11) is 1.63. The lowest BCUT2D eigenvalue weighted by atomic mass is 10.2. The Morgan fingerprint density at radius 3 is 2.39 bits per heavy atom. The lowest BCUT2D eigenvalue weighted by Gasteiger charge is -2.35. The van der Waals surface area contributed by atoms with E-state index in [-0.39, 0.29) is 6.79 Å². The van der Waals surface area contributed by atoms with Gasteiger partial charge in [-0.3, -0.25) is 9.59 Å². The minimum Gasteiger partial charge on any atom is -0.497 e. The van der Waals surface area contributed by atoms with Gasteiger partial charge in [0.25, 0.3) is 0 Å². The molecule has 1 N–H and O–H groups in total. The number of fused-ring (bicyclic) bond motifs is 1. The highest BCUT2D eigenvalue weighted by Gasteiger charge is 2.26. The van der Waals surface area contributed by atoms with Crippen LogP contribution in [0.1, 0.15) is 0 Å². The SMILES string of the molecule is COc1ccc(N2CCN(C(=O)C(=O)Nc3ccc4c(c3)OCO4)CC2)cc1. The third-order valence-corrected chi connectivity index (χ3v) is 4.83. The summed E-state index contributed by atoms with van der Waals surface area (Å²) in [5.74, 6) is 0.791. The van der Waals surface area contributed by atoms with Crippen molar-refractivity contribution in [2.75, 3.05) is 50.3 Å². The molecule has 8 nitrogen and oxygen atoms in total.